The smallest absolute Gasteiger partial charge is 0.161 e. The van der Waals surface area contributed by atoms with Gasteiger partial charge in [-0.2, -0.15) is 0 Å². The lowest BCUT2D eigenvalue weighted by Crippen LogP contribution is -2.39. The highest BCUT2D eigenvalue weighted by atomic mass is 16.5. The van der Waals surface area contributed by atoms with Crippen molar-refractivity contribution in [2.24, 2.45) is 5.92 Å². The molecule has 148 valence electrons. The number of hydrogen-bond acceptors (Lipinski definition) is 6. The maximum absolute atomic E-state index is 5.95. The van der Waals surface area contributed by atoms with Gasteiger partial charge < -0.3 is 24.2 Å². The molecule has 27 heavy (non-hydrogen) atoms. The summed E-state index contributed by atoms with van der Waals surface area (Å²) in [5.74, 6) is 3.11. The lowest BCUT2D eigenvalue weighted by Gasteiger charge is -2.24. The summed E-state index contributed by atoms with van der Waals surface area (Å²) in [6.07, 6.45) is 2.71. The fourth-order valence-corrected chi connectivity index (χ4v) is 3.42. The van der Waals surface area contributed by atoms with Crippen LogP contribution in [0.3, 0.4) is 0 Å². The number of ether oxygens (including phenoxy) is 2. The Labute approximate surface area is 161 Å². The maximum atomic E-state index is 5.95. The number of hydrogen-bond donors (Lipinski definition) is 1. The minimum atomic E-state index is 0.418. The molecule has 1 saturated carbocycles. The van der Waals surface area contributed by atoms with Crippen molar-refractivity contribution >= 4 is 0 Å². The molecule has 1 aromatic heterocycles. The SMILES string of the molecule is COc1cc(CNCC(C2CC2)N(C)C)ccc1OCc1c(C)noc1C. The van der Waals surface area contributed by atoms with E-state index in [1.54, 1.807) is 7.11 Å². The van der Waals surface area contributed by atoms with Gasteiger partial charge in [0.2, 0.25) is 0 Å². The highest BCUT2D eigenvalue weighted by Gasteiger charge is 2.32. The summed E-state index contributed by atoms with van der Waals surface area (Å²) < 4.78 is 16.7. The normalized spacial score (nSPS) is 15.2. The van der Waals surface area contributed by atoms with Gasteiger partial charge in [-0.15, -0.1) is 0 Å². The zero-order chi connectivity index (χ0) is 19.4. The summed E-state index contributed by atoms with van der Waals surface area (Å²) in [7, 11) is 6.00. The molecule has 1 aromatic carbocycles. The van der Waals surface area contributed by atoms with Crippen molar-refractivity contribution < 1.29 is 14.0 Å². The van der Waals surface area contributed by atoms with Crippen molar-refractivity contribution in [3.05, 3.63) is 40.8 Å². The van der Waals surface area contributed by atoms with Crippen LogP contribution in [-0.2, 0) is 13.2 Å². The van der Waals surface area contributed by atoms with Gasteiger partial charge in [0.25, 0.3) is 0 Å². The van der Waals surface area contributed by atoms with Gasteiger partial charge in [-0.25, -0.2) is 0 Å². The number of nitrogens with one attached hydrogen (secondary N) is 1. The van der Waals surface area contributed by atoms with Crippen LogP contribution in [0.15, 0.2) is 22.7 Å². The Bertz CT molecular complexity index is 732. The highest BCUT2D eigenvalue weighted by molar-refractivity contribution is 5.43. The van der Waals surface area contributed by atoms with Crippen molar-refractivity contribution in [1.29, 1.82) is 0 Å². The Hall–Kier alpha value is -2.05. The minimum absolute atomic E-state index is 0.418. The minimum Gasteiger partial charge on any atom is -0.493 e. The molecule has 0 radical (unpaired) electrons. The molecule has 1 aliphatic carbocycles. The van der Waals surface area contributed by atoms with E-state index in [1.807, 2.05) is 26.0 Å². The van der Waals surface area contributed by atoms with Crippen LogP contribution in [-0.4, -0.2) is 43.8 Å². The molecule has 6 heteroatoms. The Morgan fingerprint density at radius 1 is 1.26 bits per heavy atom. The van der Waals surface area contributed by atoms with Crippen LogP contribution in [0, 0.1) is 19.8 Å². The van der Waals surface area contributed by atoms with Gasteiger partial charge >= 0.3 is 0 Å². The van der Waals surface area contributed by atoms with Crippen LogP contribution >= 0.6 is 0 Å². The van der Waals surface area contributed by atoms with Crippen molar-refractivity contribution in [3.63, 3.8) is 0 Å². The Morgan fingerprint density at radius 2 is 2.04 bits per heavy atom. The van der Waals surface area contributed by atoms with Gasteiger partial charge in [-0.1, -0.05) is 11.2 Å². The van der Waals surface area contributed by atoms with Crippen molar-refractivity contribution in [2.45, 2.75) is 45.9 Å². The first-order chi connectivity index (χ1) is 13.0. The molecule has 0 aliphatic heterocycles. The molecule has 0 saturated heterocycles. The second kappa shape index (κ2) is 8.76. The van der Waals surface area contributed by atoms with Crippen molar-refractivity contribution in [2.75, 3.05) is 27.7 Å². The van der Waals surface area contributed by atoms with Crippen molar-refractivity contribution in [3.8, 4) is 11.5 Å². The van der Waals surface area contributed by atoms with E-state index in [4.69, 9.17) is 14.0 Å². The van der Waals surface area contributed by atoms with Gasteiger partial charge in [-0.3, -0.25) is 0 Å². The molecule has 1 fully saturated rings. The molecule has 3 rings (SSSR count). The Kier molecular flexibility index (Phi) is 6.39. The standard InChI is InChI=1S/C21H31N3O3/c1-14-18(15(2)27-23-14)13-26-20-9-6-16(10-21(20)25-5)11-22-12-19(24(3)4)17-7-8-17/h6,9-10,17,19,22H,7-8,11-13H2,1-5H3. The second-order valence-corrected chi connectivity index (χ2v) is 7.58. The van der Waals surface area contributed by atoms with Crippen LogP contribution in [0.2, 0.25) is 0 Å². The van der Waals surface area contributed by atoms with E-state index in [2.05, 4.69) is 35.5 Å². The lowest BCUT2D eigenvalue weighted by atomic mass is 10.1. The predicted molar refractivity (Wildman–Crippen MR) is 105 cm³/mol. The summed E-state index contributed by atoms with van der Waals surface area (Å²) in [4.78, 5) is 2.33. The van der Waals surface area contributed by atoms with Gasteiger partial charge in [0.15, 0.2) is 11.5 Å². The molecule has 1 N–H and O–H groups in total. The molecular formula is C21H31N3O3. The molecule has 1 aliphatic rings. The number of aryl methyl sites for hydroxylation is 2. The third-order valence-corrected chi connectivity index (χ3v) is 5.29. The summed E-state index contributed by atoms with van der Waals surface area (Å²) >= 11 is 0. The highest BCUT2D eigenvalue weighted by Crippen LogP contribution is 2.34. The van der Waals surface area contributed by atoms with Crippen LogP contribution in [0.4, 0.5) is 0 Å². The topological polar surface area (TPSA) is 59.8 Å². The second-order valence-electron chi connectivity index (χ2n) is 7.58. The van der Waals surface area contributed by atoms with E-state index in [1.165, 1.54) is 18.4 Å². The molecule has 2 aromatic rings. The third kappa shape index (κ3) is 5.02. The predicted octanol–water partition coefficient (Wildman–Crippen LogP) is 3.31. The van der Waals surface area contributed by atoms with E-state index in [9.17, 15) is 0 Å². The molecule has 1 atom stereocenters. The van der Waals surface area contributed by atoms with Crippen LogP contribution in [0.1, 0.15) is 35.4 Å². The van der Waals surface area contributed by atoms with Crippen LogP contribution < -0.4 is 14.8 Å². The monoisotopic (exact) mass is 373 g/mol. The fraction of sp³-hybridized carbons (Fsp3) is 0.571. The first kappa shape index (κ1) is 19.7. The molecule has 1 unspecified atom stereocenters. The van der Waals surface area contributed by atoms with E-state index < -0.39 is 0 Å². The zero-order valence-electron chi connectivity index (χ0n) is 17.0. The van der Waals surface area contributed by atoms with E-state index >= 15 is 0 Å². The first-order valence-electron chi connectivity index (χ1n) is 9.58. The number of rotatable bonds is 10. The number of nitrogens with zero attached hydrogens (tertiary/aromatic N) is 2. The zero-order valence-corrected chi connectivity index (χ0v) is 17.0. The molecule has 0 amide bonds. The molecule has 6 nitrogen and oxygen atoms in total. The van der Waals surface area contributed by atoms with Crippen molar-refractivity contribution in [1.82, 2.24) is 15.4 Å². The van der Waals surface area contributed by atoms with Gasteiger partial charge in [0.05, 0.1) is 18.4 Å². The summed E-state index contributed by atoms with van der Waals surface area (Å²) in [5, 5.41) is 7.55. The first-order valence-corrected chi connectivity index (χ1v) is 9.58. The van der Waals surface area contributed by atoms with E-state index in [0.29, 0.717) is 12.6 Å². The third-order valence-electron chi connectivity index (χ3n) is 5.29. The molecule has 0 spiro atoms. The quantitative estimate of drug-likeness (QED) is 0.689. The van der Waals surface area contributed by atoms with Crippen LogP contribution in [0.5, 0.6) is 11.5 Å². The fourth-order valence-electron chi connectivity index (χ4n) is 3.42. The maximum Gasteiger partial charge on any atom is 0.161 e. The lowest BCUT2D eigenvalue weighted by molar-refractivity contribution is 0.255. The van der Waals surface area contributed by atoms with E-state index in [0.717, 1.165) is 47.5 Å². The molecule has 1 heterocycles. The average molecular weight is 373 g/mol. The van der Waals surface area contributed by atoms with Gasteiger partial charge in [0, 0.05) is 19.1 Å². The van der Waals surface area contributed by atoms with Gasteiger partial charge in [0.1, 0.15) is 12.4 Å². The summed E-state index contributed by atoms with van der Waals surface area (Å²) in [6.45, 7) is 6.06. The number of benzene rings is 1. The number of methoxy groups -OCH3 is 1. The van der Waals surface area contributed by atoms with Crippen LogP contribution in [0.25, 0.3) is 0 Å². The summed E-state index contributed by atoms with van der Waals surface area (Å²) in [6, 6.07) is 6.71. The molecule has 0 bridgehead atoms. The molecular weight excluding hydrogens is 342 g/mol. The Morgan fingerprint density at radius 3 is 2.63 bits per heavy atom. The number of likely N-dealkylation sites (N-methyl/N-ethyl adjacent to an activating group) is 1. The van der Waals surface area contributed by atoms with Gasteiger partial charge in [-0.05, 0) is 64.4 Å². The largest absolute Gasteiger partial charge is 0.493 e. The average Bonchev–Trinajstić information content (AvgIpc) is 3.43. The Balaban J connectivity index is 1.57. The number of aromatic nitrogens is 1. The summed E-state index contributed by atoms with van der Waals surface area (Å²) in [5.41, 5.74) is 3.03. The van der Waals surface area contributed by atoms with E-state index in [-0.39, 0.29) is 0 Å².